The molecule has 0 radical (unpaired) electrons. The summed E-state index contributed by atoms with van der Waals surface area (Å²) in [6, 6.07) is 31.6. The van der Waals surface area contributed by atoms with Crippen LogP contribution in [0.15, 0.2) is 97.2 Å². The van der Waals surface area contributed by atoms with Crippen molar-refractivity contribution in [3.05, 3.63) is 108 Å². The van der Waals surface area contributed by atoms with Crippen LogP contribution in [0.4, 0.5) is 11.5 Å². The molecule has 4 aromatic rings. The van der Waals surface area contributed by atoms with Gasteiger partial charge in [0.15, 0.2) is 5.82 Å². The van der Waals surface area contributed by atoms with Crippen LogP contribution in [0.3, 0.4) is 0 Å². The first kappa shape index (κ1) is 18.3. The van der Waals surface area contributed by atoms with Crippen molar-refractivity contribution in [2.45, 2.75) is 12.7 Å². The Morgan fingerprint density at radius 2 is 1.53 bits per heavy atom. The summed E-state index contributed by atoms with van der Waals surface area (Å²) in [7, 11) is 1.69. The summed E-state index contributed by atoms with van der Waals surface area (Å²) < 4.78 is 5.26. The normalized spacial score (nSPS) is 14.8. The lowest BCUT2D eigenvalue weighted by atomic mass is 10.0. The average Bonchev–Trinajstić information content (AvgIpc) is 3.18. The fourth-order valence-corrected chi connectivity index (χ4v) is 3.95. The van der Waals surface area contributed by atoms with Crippen molar-refractivity contribution < 1.29 is 4.74 Å². The van der Waals surface area contributed by atoms with Gasteiger partial charge < -0.3 is 15.0 Å². The van der Waals surface area contributed by atoms with Crippen LogP contribution in [0.5, 0.6) is 5.75 Å². The van der Waals surface area contributed by atoms with Crippen molar-refractivity contribution in [2.24, 2.45) is 0 Å². The van der Waals surface area contributed by atoms with Crippen LogP contribution >= 0.6 is 0 Å². The van der Waals surface area contributed by atoms with Crippen LogP contribution in [-0.2, 0) is 6.54 Å². The third-order valence-electron chi connectivity index (χ3n) is 5.53. The fourth-order valence-electron chi connectivity index (χ4n) is 3.95. The summed E-state index contributed by atoms with van der Waals surface area (Å²) in [5, 5.41) is 3.59. The Morgan fingerprint density at radius 1 is 0.833 bits per heavy atom. The van der Waals surface area contributed by atoms with Gasteiger partial charge in [-0.2, -0.15) is 0 Å². The van der Waals surface area contributed by atoms with Crippen LogP contribution < -0.4 is 15.0 Å². The van der Waals surface area contributed by atoms with Crippen LogP contribution in [0, 0.1) is 0 Å². The van der Waals surface area contributed by atoms with E-state index in [1.54, 1.807) is 7.11 Å². The van der Waals surface area contributed by atoms with E-state index in [1.165, 1.54) is 22.3 Å². The molecule has 4 heteroatoms. The summed E-state index contributed by atoms with van der Waals surface area (Å²) in [6.45, 7) is 0.817. The van der Waals surface area contributed by atoms with Crippen LogP contribution in [0.25, 0.3) is 11.1 Å². The number of nitrogens with zero attached hydrogens (tertiary/aromatic N) is 2. The molecule has 1 aliphatic heterocycles. The van der Waals surface area contributed by atoms with Gasteiger partial charge in [-0.05, 0) is 46.5 Å². The standard InChI is InChI=1S/C26H23N3O/c1-30-23-15-13-21(14-16-23)20-9-11-22(12-10-20)26-28-25-24(8-5-17-27-25)29(26)18-19-6-3-2-4-7-19/h2-17,26H,18H2,1H3,(H,27,28). The highest BCUT2D eigenvalue weighted by Gasteiger charge is 2.30. The Labute approximate surface area is 176 Å². The molecular formula is C26H23N3O. The topological polar surface area (TPSA) is 37.4 Å². The molecule has 1 aromatic heterocycles. The summed E-state index contributed by atoms with van der Waals surface area (Å²) in [4.78, 5) is 6.92. The predicted octanol–water partition coefficient (Wildman–Crippen LogP) is 5.89. The number of aromatic nitrogens is 1. The molecule has 1 unspecified atom stereocenters. The van der Waals surface area contributed by atoms with E-state index in [0.29, 0.717) is 0 Å². The van der Waals surface area contributed by atoms with E-state index in [1.807, 2.05) is 24.4 Å². The van der Waals surface area contributed by atoms with Crippen molar-refractivity contribution in [1.29, 1.82) is 0 Å². The second-order valence-electron chi connectivity index (χ2n) is 7.38. The first-order chi connectivity index (χ1) is 14.8. The number of nitrogens with one attached hydrogen (secondary N) is 1. The van der Waals surface area contributed by atoms with Crippen molar-refractivity contribution in [2.75, 3.05) is 17.3 Å². The predicted molar refractivity (Wildman–Crippen MR) is 122 cm³/mol. The summed E-state index contributed by atoms with van der Waals surface area (Å²) in [5.74, 6) is 1.80. The number of methoxy groups -OCH3 is 1. The molecule has 1 N–H and O–H groups in total. The maximum atomic E-state index is 5.26. The van der Waals surface area contributed by atoms with Gasteiger partial charge in [0, 0.05) is 12.7 Å². The lowest BCUT2D eigenvalue weighted by Gasteiger charge is -2.27. The Hall–Kier alpha value is -3.79. The van der Waals surface area contributed by atoms with E-state index >= 15 is 0 Å². The first-order valence-corrected chi connectivity index (χ1v) is 10.1. The zero-order chi connectivity index (χ0) is 20.3. The zero-order valence-electron chi connectivity index (χ0n) is 16.8. The van der Waals surface area contributed by atoms with Crippen molar-refractivity contribution >= 4 is 11.5 Å². The van der Waals surface area contributed by atoms with Gasteiger partial charge in [0.05, 0.1) is 12.8 Å². The van der Waals surface area contributed by atoms with Crippen LogP contribution in [-0.4, -0.2) is 12.1 Å². The average molecular weight is 393 g/mol. The van der Waals surface area contributed by atoms with Gasteiger partial charge in [-0.1, -0.05) is 66.7 Å². The molecule has 2 heterocycles. The molecule has 1 atom stereocenters. The van der Waals surface area contributed by atoms with Crippen molar-refractivity contribution in [1.82, 2.24) is 4.98 Å². The molecule has 0 saturated heterocycles. The molecule has 1 aliphatic rings. The molecule has 0 amide bonds. The lowest BCUT2D eigenvalue weighted by Crippen LogP contribution is -2.27. The van der Waals surface area contributed by atoms with Gasteiger partial charge in [-0.25, -0.2) is 4.98 Å². The van der Waals surface area contributed by atoms with E-state index in [9.17, 15) is 0 Å². The van der Waals surface area contributed by atoms with E-state index in [2.05, 4.69) is 88.0 Å². The number of fused-ring (bicyclic) bond motifs is 1. The third kappa shape index (κ3) is 3.48. The SMILES string of the molecule is COc1ccc(-c2ccc(C3Nc4ncccc4N3Cc3ccccc3)cc2)cc1. The molecule has 30 heavy (non-hydrogen) atoms. The van der Waals surface area contributed by atoms with Crippen molar-refractivity contribution in [3.8, 4) is 16.9 Å². The number of hydrogen-bond acceptors (Lipinski definition) is 4. The van der Waals surface area contributed by atoms with Gasteiger partial charge in [0.25, 0.3) is 0 Å². The first-order valence-electron chi connectivity index (χ1n) is 10.1. The maximum Gasteiger partial charge on any atom is 0.151 e. The molecule has 4 nitrogen and oxygen atoms in total. The lowest BCUT2D eigenvalue weighted by molar-refractivity contribution is 0.415. The minimum absolute atomic E-state index is 0.0417. The highest BCUT2D eigenvalue weighted by atomic mass is 16.5. The van der Waals surface area contributed by atoms with Gasteiger partial charge >= 0.3 is 0 Å². The smallest absolute Gasteiger partial charge is 0.151 e. The number of pyridine rings is 1. The van der Waals surface area contributed by atoms with Gasteiger partial charge in [0.2, 0.25) is 0 Å². The van der Waals surface area contributed by atoms with E-state index in [4.69, 9.17) is 4.74 Å². The second-order valence-corrected chi connectivity index (χ2v) is 7.38. The molecular weight excluding hydrogens is 370 g/mol. The Kier molecular flexibility index (Phi) is 4.81. The van der Waals surface area contributed by atoms with Crippen molar-refractivity contribution in [3.63, 3.8) is 0 Å². The Bertz CT molecular complexity index is 1130. The van der Waals surface area contributed by atoms with E-state index in [-0.39, 0.29) is 6.17 Å². The third-order valence-corrected chi connectivity index (χ3v) is 5.53. The molecule has 3 aromatic carbocycles. The van der Waals surface area contributed by atoms with Gasteiger partial charge in [-0.15, -0.1) is 0 Å². The maximum absolute atomic E-state index is 5.26. The highest BCUT2D eigenvalue weighted by molar-refractivity contribution is 5.73. The molecule has 0 spiro atoms. The summed E-state index contributed by atoms with van der Waals surface area (Å²) in [5.41, 5.74) is 5.97. The molecule has 0 fully saturated rings. The number of ether oxygens (including phenoxy) is 1. The molecule has 0 saturated carbocycles. The number of rotatable bonds is 5. The molecule has 148 valence electrons. The minimum Gasteiger partial charge on any atom is -0.497 e. The number of hydrogen-bond donors (Lipinski definition) is 1. The monoisotopic (exact) mass is 393 g/mol. The summed E-state index contributed by atoms with van der Waals surface area (Å²) in [6.07, 6.45) is 1.88. The Balaban J connectivity index is 1.44. The molecule has 5 rings (SSSR count). The number of anilines is 2. The highest BCUT2D eigenvalue weighted by Crippen LogP contribution is 2.40. The van der Waals surface area contributed by atoms with Gasteiger partial charge in [-0.3, -0.25) is 0 Å². The van der Waals surface area contributed by atoms with E-state index < -0.39 is 0 Å². The minimum atomic E-state index is 0.0417. The Morgan fingerprint density at radius 3 is 2.23 bits per heavy atom. The largest absolute Gasteiger partial charge is 0.497 e. The zero-order valence-corrected chi connectivity index (χ0v) is 16.8. The second kappa shape index (κ2) is 7.91. The van der Waals surface area contributed by atoms with Crippen LogP contribution in [0.1, 0.15) is 17.3 Å². The van der Waals surface area contributed by atoms with Gasteiger partial charge in [0.1, 0.15) is 11.9 Å². The molecule has 0 aliphatic carbocycles. The summed E-state index contributed by atoms with van der Waals surface area (Å²) >= 11 is 0. The number of benzene rings is 3. The fraction of sp³-hybridized carbons (Fsp3) is 0.115. The van der Waals surface area contributed by atoms with E-state index in [0.717, 1.165) is 23.8 Å². The quantitative estimate of drug-likeness (QED) is 0.459. The van der Waals surface area contributed by atoms with Crippen LogP contribution in [0.2, 0.25) is 0 Å². The molecule has 0 bridgehead atoms.